The van der Waals surface area contributed by atoms with Gasteiger partial charge in [-0.3, -0.25) is 0 Å². The number of benzene rings is 7. The second-order valence-electron chi connectivity index (χ2n) is 14.1. The van der Waals surface area contributed by atoms with Gasteiger partial charge >= 0.3 is 0 Å². The molecule has 1 atom stereocenters. The van der Waals surface area contributed by atoms with Gasteiger partial charge in [-0.05, 0) is 100 Å². The van der Waals surface area contributed by atoms with Gasteiger partial charge in [0.2, 0.25) is 0 Å². The molecule has 7 aromatic carbocycles. The van der Waals surface area contributed by atoms with Crippen LogP contribution in [0.3, 0.4) is 0 Å². The molecule has 0 saturated carbocycles. The quantitative estimate of drug-likeness (QED) is 0.194. The van der Waals surface area contributed by atoms with E-state index < -0.39 is 0 Å². The first-order valence-electron chi connectivity index (χ1n) is 18.2. The van der Waals surface area contributed by atoms with E-state index >= 15 is 0 Å². The zero-order chi connectivity index (χ0) is 34.2. The van der Waals surface area contributed by atoms with Crippen LogP contribution in [0.15, 0.2) is 138 Å². The molecule has 1 aliphatic carbocycles. The molecule has 0 fully saturated rings. The fourth-order valence-electron chi connectivity index (χ4n) is 8.53. The minimum atomic E-state index is 0. The maximum absolute atomic E-state index is 6.68. The van der Waals surface area contributed by atoms with Crippen molar-refractivity contribution in [2.45, 2.75) is 39.5 Å². The lowest BCUT2D eigenvalue weighted by molar-refractivity contribution is 0.650. The van der Waals surface area contributed by atoms with Gasteiger partial charge in [-0.15, -0.1) is 0 Å². The fraction of sp³-hybridized carbons (Fsp3) is 0.125. The van der Waals surface area contributed by atoms with E-state index in [1.807, 2.05) is 0 Å². The van der Waals surface area contributed by atoms with Gasteiger partial charge in [0.15, 0.2) is 0 Å². The highest BCUT2D eigenvalue weighted by Gasteiger charge is 2.23. The van der Waals surface area contributed by atoms with Gasteiger partial charge in [0.05, 0.1) is 11.0 Å². The number of rotatable bonds is 2. The van der Waals surface area contributed by atoms with E-state index in [1.165, 1.54) is 88.5 Å². The Labute approximate surface area is 303 Å². The lowest BCUT2D eigenvalue weighted by atomic mass is 9.87. The molecule has 0 bridgehead atoms. The Balaban J connectivity index is 0.000000776. The molecule has 256 valence electrons. The standard InChI is InChI=1S/C45H30N2O.C3H8.H2O.H2/c1-26-8-7-10-28-14-18-33-44-40(48-45(33)41(26)28)23-20-37-43(44)34-24-29(15-19-36(34)46-37)30-17-21-38-35(25-30)42-32-13-6-5-9-27(32)16-22-39(42)47(38)31-11-3-2-4-12-31;1-3-2;;/h2-7,9-26,46H,8H2,1H3;3H2,1-2H3;1H2;1H. The SMILES string of the molecule is CC1CC=Cc2ccc3c(oc4ccc5[nH]c6ccc(-c7ccc8c(c7)c7c9ccccc9ccc7n8-c7ccccc7)cc6c5c43)c21.CCC.O.[HH]. The number of aromatic amines is 1. The number of hydrogen-bond acceptors (Lipinski definition) is 1. The van der Waals surface area contributed by atoms with Crippen molar-refractivity contribution < 1.29 is 11.3 Å². The lowest BCUT2D eigenvalue weighted by Crippen LogP contribution is -1.99. The summed E-state index contributed by atoms with van der Waals surface area (Å²) in [6.45, 7) is 6.55. The second-order valence-corrected chi connectivity index (χ2v) is 14.1. The molecule has 3 N–H and O–H groups in total. The minimum absolute atomic E-state index is 0. The predicted molar refractivity (Wildman–Crippen MR) is 224 cm³/mol. The van der Waals surface area contributed by atoms with Crippen LogP contribution in [0.1, 0.15) is 52.1 Å². The van der Waals surface area contributed by atoms with E-state index in [2.05, 4.69) is 170 Å². The van der Waals surface area contributed by atoms with Crippen LogP contribution in [-0.4, -0.2) is 15.0 Å². The smallest absolute Gasteiger partial charge is 0.139 e. The monoisotopic (exact) mass is 678 g/mol. The third kappa shape index (κ3) is 4.64. The average Bonchev–Trinajstić information content (AvgIpc) is 3.84. The van der Waals surface area contributed by atoms with Crippen molar-refractivity contribution in [1.29, 1.82) is 0 Å². The summed E-state index contributed by atoms with van der Waals surface area (Å²) in [6, 6.07) is 46.6. The zero-order valence-electron chi connectivity index (χ0n) is 29.6. The first kappa shape index (κ1) is 31.9. The van der Waals surface area contributed by atoms with Crippen molar-refractivity contribution in [3.05, 3.63) is 145 Å². The number of hydrogen-bond donors (Lipinski definition) is 1. The summed E-state index contributed by atoms with van der Waals surface area (Å²) in [5.41, 5.74) is 12.9. The Morgan fingerprint density at radius 1 is 0.673 bits per heavy atom. The van der Waals surface area contributed by atoms with Crippen molar-refractivity contribution in [1.82, 2.24) is 9.55 Å². The van der Waals surface area contributed by atoms with Gasteiger partial charge < -0.3 is 19.4 Å². The van der Waals surface area contributed by atoms with E-state index in [9.17, 15) is 0 Å². The molecule has 11 rings (SSSR count). The third-order valence-electron chi connectivity index (χ3n) is 10.7. The number of allylic oxidation sites excluding steroid dienone is 1. The van der Waals surface area contributed by atoms with E-state index in [-0.39, 0.29) is 6.90 Å². The Kier molecular flexibility index (Phi) is 7.53. The van der Waals surface area contributed by atoms with Crippen molar-refractivity contribution in [2.75, 3.05) is 0 Å². The molecule has 0 radical (unpaired) electrons. The van der Waals surface area contributed by atoms with Crippen LogP contribution in [0.4, 0.5) is 0 Å². The largest absolute Gasteiger partial charge is 0.456 e. The van der Waals surface area contributed by atoms with Crippen LogP contribution in [0.2, 0.25) is 0 Å². The molecule has 52 heavy (non-hydrogen) atoms. The highest BCUT2D eigenvalue weighted by molar-refractivity contribution is 6.27. The van der Waals surface area contributed by atoms with Crippen LogP contribution in [0.5, 0.6) is 0 Å². The van der Waals surface area contributed by atoms with Gasteiger partial charge in [0.25, 0.3) is 0 Å². The molecule has 0 aliphatic heterocycles. The zero-order valence-corrected chi connectivity index (χ0v) is 29.6. The Morgan fingerprint density at radius 2 is 1.40 bits per heavy atom. The summed E-state index contributed by atoms with van der Waals surface area (Å²) in [5.74, 6) is 0.430. The maximum atomic E-state index is 6.68. The maximum Gasteiger partial charge on any atom is 0.139 e. The summed E-state index contributed by atoms with van der Waals surface area (Å²) in [7, 11) is 0. The first-order chi connectivity index (χ1) is 25.1. The molecule has 0 spiro atoms. The van der Waals surface area contributed by atoms with Gasteiger partial charge in [0.1, 0.15) is 11.2 Å². The average molecular weight is 679 g/mol. The third-order valence-corrected chi connectivity index (χ3v) is 10.7. The Morgan fingerprint density at radius 3 is 2.25 bits per heavy atom. The number of nitrogens with zero attached hydrogens (tertiary/aromatic N) is 1. The molecule has 1 aliphatic rings. The van der Waals surface area contributed by atoms with Crippen LogP contribution in [-0.2, 0) is 0 Å². The predicted octanol–water partition coefficient (Wildman–Crippen LogP) is 13.5. The van der Waals surface area contributed by atoms with E-state index in [0.29, 0.717) is 5.92 Å². The van der Waals surface area contributed by atoms with Crippen LogP contribution in [0, 0.1) is 0 Å². The molecule has 4 nitrogen and oxygen atoms in total. The number of furan rings is 1. The number of fused-ring (bicyclic) bond motifs is 14. The minimum Gasteiger partial charge on any atom is -0.456 e. The molecule has 3 heterocycles. The summed E-state index contributed by atoms with van der Waals surface area (Å²) < 4.78 is 9.08. The number of H-pyrrole nitrogens is 1. The van der Waals surface area contributed by atoms with Crippen molar-refractivity contribution >= 4 is 82.4 Å². The summed E-state index contributed by atoms with van der Waals surface area (Å²) in [6.07, 6.45) is 6.81. The van der Waals surface area contributed by atoms with Crippen LogP contribution in [0.25, 0.3) is 99.2 Å². The van der Waals surface area contributed by atoms with Crippen LogP contribution >= 0.6 is 0 Å². The van der Waals surface area contributed by atoms with Gasteiger partial charge in [0, 0.05) is 56.0 Å². The number of nitrogens with one attached hydrogen (secondary N) is 1. The molecule has 4 heteroatoms. The molecule has 1 unspecified atom stereocenters. The van der Waals surface area contributed by atoms with Gasteiger partial charge in [-0.25, -0.2) is 0 Å². The molecule has 3 aromatic heterocycles. The molecular formula is C48H42N2O2. The number of para-hydroxylation sites is 1. The van der Waals surface area contributed by atoms with E-state index in [0.717, 1.165) is 28.6 Å². The summed E-state index contributed by atoms with van der Waals surface area (Å²) in [4.78, 5) is 3.71. The molecule has 0 amide bonds. The summed E-state index contributed by atoms with van der Waals surface area (Å²) in [5, 5.41) is 9.94. The number of aromatic nitrogens is 2. The molecule has 10 aromatic rings. The van der Waals surface area contributed by atoms with Gasteiger partial charge in [-0.1, -0.05) is 106 Å². The highest BCUT2D eigenvalue weighted by Crippen LogP contribution is 2.45. The second kappa shape index (κ2) is 12.3. The van der Waals surface area contributed by atoms with Crippen LogP contribution < -0.4 is 0 Å². The normalized spacial score (nSPS) is 14.0. The van der Waals surface area contributed by atoms with Gasteiger partial charge in [-0.2, -0.15) is 0 Å². The lowest BCUT2D eigenvalue weighted by Gasteiger charge is -2.17. The first-order valence-corrected chi connectivity index (χ1v) is 18.2. The van der Waals surface area contributed by atoms with Crippen molar-refractivity contribution in [3.63, 3.8) is 0 Å². The Hall–Kier alpha value is -6.10. The molecular weight excluding hydrogens is 637 g/mol. The van der Waals surface area contributed by atoms with Crippen molar-refractivity contribution in [3.8, 4) is 16.8 Å². The highest BCUT2D eigenvalue weighted by atomic mass is 16.3. The van der Waals surface area contributed by atoms with Crippen molar-refractivity contribution in [2.24, 2.45) is 0 Å². The Bertz CT molecular complexity index is 3020. The fourth-order valence-corrected chi connectivity index (χ4v) is 8.53. The topological polar surface area (TPSA) is 65.4 Å². The van der Waals surface area contributed by atoms with E-state index in [4.69, 9.17) is 4.42 Å². The van der Waals surface area contributed by atoms with E-state index in [1.54, 1.807) is 0 Å². The molecule has 0 saturated heterocycles. The summed E-state index contributed by atoms with van der Waals surface area (Å²) >= 11 is 0.